The van der Waals surface area contributed by atoms with Crippen molar-refractivity contribution in [3.63, 3.8) is 0 Å². The fourth-order valence-electron chi connectivity index (χ4n) is 5.44. The minimum absolute atomic E-state index is 0.162. The predicted molar refractivity (Wildman–Crippen MR) is 152 cm³/mol. The van der Waals surface area contributed by atoms with E-state index in [1.54, 1.807) is 6.20 Å². The van der Waals surface area contributed by atoms with E-state index in [0.717, 1.165) is 53.6 Å². The maximum Gasteiger partial charge on any atom is 0.178 e. The molecule has 1 fully saturated rings. The SMILES string of the molecule is CC(C)C(C)(c1ccc(OCc2ccccn2)cc1)c1ccc(-c2ccc3nnc(C4CCCN4)n3n2)cc1. The number of rotatable bonds is 8. The van der Waals surface area contributed by atoms with Crippen LogP contribution in [0.25, 0.3) is 16.9 Å². The van der Waals surface area contributed by atoms with Crippen molar-refractivity contribution in [2.75, 3.05) is 6.54 Å². The maximum absolute atomic E-state index is 5.97. The summed E-state index contributed by atoms with van der Waals surface area (Å²) in [5, 5.41) is 17.2. The third-order valence-corrected chi connectivity index (χ3v) is 8.16. The Morgan fingerprint density at radius 3 is 2.38 bits per heavy atom. The van der Waals surface area contributed by atoms with Crippen LogP contribution in [0.2, 0.25) is 0 Å². The smallest absolute Gasteiger partial charge is 0.178 e. The topological polar surface area (TPSA) is 77.2 Å². The molecule has 0 aliphatic carbocycles. The molecule has 1 saturated heterocycles. The van der Waals surface area contributed by atoms with Gasteiger partial charge in [0.05, 0.1) is 17.4 Å². The summed E-state index contributed by atoms with van der Waals surface area (Å²) in [5.74, 6) is 2.12. The van der Waals surface area contributed by atoms with Gasteiger partial charge in [0.2, 0.25) is 0 Å². The summed E-state index contributed by atoms with van der Waals surface area (Å²) < 4.78 is 7.86. The number of fused-ring (bicyclic) bond motifs is 1. The van der Waals surface area contributed by atoms with Crippen molar-refractivity contribution in [3.05, 3.63) is 108 Å². The molecule has 0 saturated carbocycles. The molecule has 2 unspecified atom stereocenters. The van der Waals surface area contributed by atoms with E-state index in [1.807, 2.05) is 34.8 Å². The molecule has 198 valence electrons. The Morgan fingerprint density at radius 1 is 0.949 bits per heavy atom. The van der Waals surface area contributed by atoms with Gasteiger partial charge >= 0.3 is 0 Å². The van der Waals surface area contributed by atoms with Gasteiger partial charge in [0.15, 0.2) is 11.5 Å². The van der Waals surface area contributed by atoms with E-state index in [9.17, 15) is 0 Å². The molecular formula is C32H34N6O. The molecule has 1 N–H and O–H groups in total. The molecule has 6 rings (SSSR count). The van der Waals surface area contributed by atoms with Crippen LogP contribution in [0.15, 0.2) is 85.1 Å². The fraction of sp³-hybridized carbons (Fsp3) is 0.312. The zero-order chi connectivity index (χ0) is 26.8. The van der Waals surface area contributed by atoms with Crippen molar-refractivity contribution in [1.29, 1.82) is 0 Å². The molecule has 2 atom stereocenters. The third-order valence-electron chi connectivity index (χ3n) is 8.16. The lowest BCUT2D eigenvalue weighted by Crippen LogP contribution is -2.30. The summed E-state index contributed by atoms with van der Waals surface area (Å²) in [4.78, 5) is 4.34. The number of benzene rings is 2. The van der Waals surface area contributed by atoms with Gasteiger partial charge in [-0.15, -0.1) is 10.2 Å². The summed E-state index contributed by atoms with van der Waals surface area (Å²) in [6.45, 7) is 8.34. The molecule has 7 heteroatoms. The van der Waals surface area contributed by atoms with Crippen molar-refractivity contribution in [1.82, 2.24) is 30.1 Å². The molecule has 0 bridgehead atoms. The van der Waals surface area contributed by atoms with Crippen LogP contribution in [0.3, 0.4) is 0 Å². The van der Waals surface area contributed by atoms with E-state index in [4.69, 9.17) is 9.84 Å². The molecule has 0 spiro atoms. The average Bonchev–Trinajstić information content (AvgIpc) is 3.66. The van der Waals surface area contributed by atoms with E-state index >= 15 is 0 Å². The first-order valence-electron chi connectivity index (χ1n) is 13.7. The van der Waals surface area contributed by atoms with Gasteiger partial charge < -0.3 is 10.1 Å². The molecule has 4 heterocycles. The molecule has 0 amide bonds. The van der Waals surface area contributed by atoms with Crippen LogP contribution in [0.5, 0.6) is 5.75 Å². The second-order valence-electron chi connectivity index (χ2n) is 10.8. The van der Waals surface area contributed by atoms with Crippen molar-refractivity contribution in [2.24, 2.45) is 5.92 Å². The first-order chi connectivity index (χ1) is 19.0. The molecule has 2 aromatic carbocycles. The Bertz CT molecular complexity index is 1540. The highest BCUT2D eigenvalue weighted by atomic mass is 16.5. The molecule has 7 nitrogen and oxygen atoms in total. The zero-order valence-electron chi connectivity index (χ0n) is 22.7. The minimum atomic E-state index is -0.162. The van der Waals surface area contributed by atoms with Crippen molar-refractivity contribution >= 4 is 5.65 Å². The van der Waals surface area contributed by atoms with E-state index in [-0.39, 0.29) is 11.5 Å². The van der Waals surface area contributed by atoms with Gasteiger partial charge in [0.1, 0.15) is 12.4 Å². The van der Waals surface area contributed by atoms with Crippen molar-refractivity contribution in [2.45, 2.75) is 51.7 Å². The third kappa shape index (κ3) is 4.90. The highest BCUT2D eigenvalue weighted by Gasteiger charge is 2.32. The van der Waals surface area contributed by atoms with Gasteiger partial charge in [-0.25, -0.2) is 0 Å². The fourth-order valence-corrected chi connectivity index (χ4v) is 5.44. The Balaban J connectivity index is 1.24. The summed E-state index contributed by atoms with van der Waals surface area (Å²) in [5.41, 5.74) is 6.04. The second kappa shape index (κ2) is 10.6. The zero-order valence-corrected chi connectivity index (χ0v) is 22.7. The number of aromatic nitrogens is 5. The summed E-state index contributed by atoms with van der Waals surface area (Å²) in [6.07, 6.45) is 4.00. The number of hydrogen-bond acceptors (Lipinski definition) is 6. The second-order valence-corrected chi connectivity index (χ2v) is 10.8. The summed E-state index contributed by atoms with van der Waals surface area (Å²) >= 11 is 0. The Hall–Kier alpha value is -4.10. The molecule has 1 aliphatic heterocycles. The van der Waals surface area contributed by atoms with Crippen LogP contribution in [0, 0.1) is 5.92 Å². The van der Waals surface area contributed by atoms with Crippen LogP contribution in [0.4, 0.5) is 0 Å². The van der Waals surface area contributed by atoms with Crippen molar-refractivity contribution < 1.29 is 4.74 Å². The Kier molecular flexibility index (Phi) is 6.83. The van der Waals surface area contributed by atoms with Gasteiger partial charge in [-0.2, -0.15) is 9.61 Å². The summed E-state index contributed by atoms with van der Waals surface area (Å²) in [6, 6.07) is 27.4. The van der Waals surface area contributed by atoms with Crippen molar-refractivity contribution in [3.8, 4) is 17.0 Å². The highest BCUT2D eigenvalue weighted by Crippen LogP contribution is 2.40. The van der Waals surface area contributed by atoms with E-state index < -0.39 is 0 Å². The number of nitrogens with zero attached hydrogens (tertiary/aromatic N) is 5. The number of hydrogen-bond donors (Lipinski definition) is 1. The van der Waals surface area contributed by atoms with Crippen LogP contribution in [-0.4, -0.2) is 31.3 Å². The van der Waals surface area contributed by atoms with Gasteiger partial charge in [-0.3, -0.25) is 4.98 Å². The van der Waals surface area contributed by atoms with Crippen LogP contribution < -0.4 is 10.1 Å². The molecule has 5 aromatic rings. The Labute approximate surface area is 229 Å². The number of ether oxygens (including phenoxy) is 1. The minimum Gasteiger partial charge on any atom is -0.487 e. The van der Waals surface area contributed by atoms with E-state index in [1.165, 1.54) is 11.1 Å². The molecular weight excluding hydrogens is 484 g/mol. The van der Waals surface area contributed by atoms with Crippen LogP contribution >= 0.6 is 0 Å². The van der Waals surface area contributed by atoms with Gasteiger partial charge in [0.25, 0.3) is 0 Å². The molecule has 0 radical (unpaired) electrons. The molecule has 3 aromatic heterocycles. The lowest BCUT2D eigenvalue weighted by atomic mass is 9.68. The Morgan fingerprint density at radius 2 is 1.72 bits per heavy atom. The maximum atomic E-state index is 5.97. The summed E-state index contributed by atoms with van der Waals surface area (Å²) in [7, 11) is 0. The average molecular weight is 519 g/mol. The monoisotopic (exact) mass is 518 g/mol. The predicted octanol–water partition coefficient (Wildman–Crippen LogP) is 6.15. The standard InChI is InChI=1S/C32H34N6O/c1-22(2)32(3,25-13-15-27(16-14-25)39-21-26-7-4-5-19-33-26)24-11-9-23(10-12-24)28-17-18-30-35-36-31(38(30)37-28)29-8-6-20-34-29/h4-5,7,9-19,22,29,34H,6,8,20-21H2,1-3H3. The molecule has 1 aliphatic rings. The van der Waals surface area contributed by atoms with E-state index in [0.29, 0.717) is 12.5 Å². The highest BCUT2D eigenvalue weighted by molar-refractivity contribution is 5.61. The quantitative estimate of drug-likeness (QED) is 0.265. The van der Waals surface area contributed by atoms with Gasteiger partial charge in [-0.1, -0.05) is 63.2 Å². The lowest BCUT2D eigenvalue weighted by Gasteiger charge is -2.35. The molecule has 39 heavy (non-hydrogen) atoms. The largest absolute Gasteiger partial charge is 0.487 e. The lowest BCUT2D eigenvalue weighted by molar-refractivity contribution is 0.301. The van der Waals surface area contributed by atoms with Crippen LogP contribution in [0.1, 0.15) is 62.3 Å². The van der Waals surface area contributed by atoms with E-state index in [2.05, 4.69) is 89.8 Å². The normalized spacial score (nSPS) is 17.0. The van der Waals surface area contributed by atoms with Gasteiger partial charge in [-0.05, 0) is 72.8 Å². The number of pyridine rings is 1. The first-order valence-corrected chi connectivity index (χ1v) is 13.7. The van der Waals surface area contributed by atoms with Crippen LogP contribution in [-0.2, 0) is 12.0 Å². The van der Waals surface area contributed by atoms with Gasteiger partial charge in [0, 0.05) is 17.2 Å². The number of nitrogens with one attached hydrogen (secondary N) is 1. The first kappa shape index (κ1) is 25.2.